The molecule has 1 amide bonds. The van der Waals surface area contributed by atoms with E-state index in [9.17, 15) is 4.79 Å². The lowest BCUT2D eigenvalue weighted by atomic mass is 10.2. The van der Waals surface area contributed by atoms with Gasteiger partial charge in [0, 0.05) is 11.6 Å². The van der Waals surface area contributed by atoms with Crippen molar-refractivity contribution in [3.63, 3.8) is 0 Å². The molecule has 1 aromatic carbocycles. The number of carbonyl (C=O) groups is 1. The smallest absolute Gasteiger partial charge is 0.226 e. The maximum absolute atomic E-state index is 11.5. The van der Waals surface area contributed by atoms with Crippen LogP contribution in [-0.4, -0.2) is 17.6 Å². The summed E-state index contributed by atoms with van der Waals surface area (Å²) < 4.78 is 0. The van der Waals surface area contributed by atoms with Crippen LogP contribution in [0.5, 0.6) is 0 Å². The first-order chi connectivity index (χ1) is 8.02. The minimum atomic E-state index is -0.0601. The molecule has 0 aliphatic heterocycles. The predicted molar refractivity (Wildman–Crippen MR) is 71.9 cm³/mol. The molecule has 0 unspecified atom stereocenters. The zero-order chi connectivity index (χ0) is 12.8. The Morgan fingerprint density at radius 1 is 1.53 bits per heavy atom. The van der Waals surface area contributed by atoms with Crippen LogP contribution in [-0.2, 0) is 4.79 Å². The van der Waals surface area contributed by atoms with Gasteiger partial charge in [-0.05, 0) is 18.2 Å². The zero-order valence-electron chi connectivity index (χ0n) is 9.90. The lowest BCUT2D eigenvalue weighted by molar-refractivity contribution is -0.118. The number of carbonyl (C=O) groups excluding carboxylic acids is 1. The number of rotatable bonds is 4. The lowest BCUT2D eigenvalue weighted by Crippen LogP contribution is -2.17. The lowest BCUT2D eigenvalue weighted by Gasteiger charge is -2.08. The molecule has 1 rings (SSSR count). The Hall–Kier alpha value is -1.55. The van der Waals surface area contributed by atoms with Gasteiger partial charge >= 0.3 is 0 Å². The van der Waals surface area contributed by atoms with Crippen LogP contribution in [0.25, 0.3) is 0 Å². The van der Waals surface area contributed by atoms with Gasteiger partial charge in [0.25, 0.3) is 0 Å². The van der Waals surface area contributed by atoms with Crippen molar-refractivity contribution in [1.82, 2.24) is 0 Å². The minimum absolute atomic E-state index is 0.0311. The average Bonchev–Trinajstić information content (AvgIpc) is 2.29. The fourth-order valence-corrected chi connectivity index (χ4v) is 1.20. The van der Waals surface area contributed by atoms with E-state index >= 15 is 0 Å². The summed E-state index contributed by atoms with van der Waals surface area (Å²) in [5.74, 6) is 0.438. The SMILES string of the molecule is CC(C)C(=O)Nc1cccc(N=C(N)CCl)c1. The van der Waals surface area contributed by atoms with Crippen LogP contribution in [0, 0.1) is 5.92 Å². The molecule has 0 spiro atoms. The first-order valence-corrected chi connectivity index (χ1v) is 5.86. The van der Waals surface area contributed by atoms with Crippen molar-refractivity contribution in [2.24, 2.45) is 16.6 Å². The molecule has 0 fully saturated rings. The second kappa shape index (κ2) is 6.25. The number of hydrogen-bond acceptors (Lipinski definition) is 2. The number of amides is 1. The third-order valence-electron chi connectivity index (χ3n) is 2.05. The summed E-state index contributed by atoms with van der Waals surface area (Å²) in [5, 5.41) is 2.79. The molecular weight excluding hydrogens is 238 g/mol. The first kappa shape index (κ1) is 13.5. The number of nitrogens with zero attached hydrogens (tertiary/aromatic N) is 1. The quantitative estimate of drug-likeness (QED) is 0.492. The molecule has 0 heterocycles. The zero-order valence-corrected chi connectivity index (χ0v) is 10.7. The number of nitrogens with one attached hydrogen (secondary N) is 1. The molecule has 17 heavy (non-hydrogen) atoms. The Balaban J connectivity index is 2.83. The van der Waals surface area contributed by atoms with Gasteiger partial charge in [0.1, 0.15) is 5.84 Å². The van der Waals surface area contributed by atoms with E-state index in [4.69, 9.17) is 17.3 Å². The number of halogens is 1. The Morgan fingerprint density at radius 2 is 2.24 bits per heavy atom. The van der Waals surface area contributed by atoms with Crippen LogP contribution in [0.3, 0.4) is 0 Å². The molecule has 5 heteroatoms. The monoisotopic (exact) mass is 253 g/mol. The Morgan fingerprint density at radius 3 is 2.82 bits per heavy atom. The largest absolute Gasteiger partial charge is 0.386 e. The summed E-state index contributed by atoms with van der Waals surface area (Å²) in [5.41, 5.74) is 6.91. The maximum atomic E-state index is 11.5. The number of aliphatic imine (C=N–C) groups is 1. The number of amidine groups is 1. The van der Waals surface area contributed by atoms with Gasteiger partial charge < -0.3 is 11.1 Å². The van der Waals surface area contributed by atoms with Crippen molar-refractivity contribution in [3.05, 3.63) is 24.3 Å². The summed E-state index contributed by atoms with van der Waals surface area (Å²) in [6.07, 6.45) is 0. The van der Waals surface area contributed by atoms with Gasteiger partial charge in [-0.15, -0.1) is 11.6 Å². The Labute approximate surface area is 106 Å². The molecule has 92 valence electrons. The highest BCUT2D eigenvalue weighted by Gasteiger charge is 2.06. The fraction of sp³-hybridized carbons (Fsp3) is 0.333. The van der Waals surface area contributed by atoms with Gasteiger partial charge in [-0.3, -0.25) is 4.79 Å². The third-order valence-corrected chi connectivity index (χ3v) is 2.32. The highest BCUT2D eigenvalue weighted by Crippen LogP contribution is 2.18. The number of nitrogens with two attached hydrogens (primary N) is 1. The number of anilines is 1. The van der Waals surface area contributed by atoms with Crippen LogP contribution in [0.2, 0.25) is 0 Å². The van der Waals surface area contributed by atoms with E-state index in [2.05, 4.69) is 10.3 Å². The molecule has 0 saturated carbocycles. The van der Waals surface area contributed by atoms with E-state index < -0.39 is 0 Å². The van der Waals surface area contributed by atoms with E-state index in [0.717, 1.165) is 0 Å². The van der Waals surface area contributed by atoms with Gasteiger partial charge in [-0.2, -0.15) is 0 Å². The van der Waals surface area contributed by atoms with Gasteiger partial charge in [0.05, 0.1) is 11.6 Å². The Bertz CT molecular complexity index is 430. The van der Waals surface area contributed by atoms with Crippen LogP contribution in [0.15, 0.2) is 29.3 Å². The molecule has 0 saturated heterocycles. The maximum Gasteiger partial charge on any atom is 0.226 e. The van der Waals surface area contributed by atoms with Crippen LogP contribution < -0.4 is 11.1 Å². The van der Waals surface area contributed by atoms with E-state index in [1.54, 1.807) is 24.3 Å². The standard InChI is InChI=1S/C12H16ClN3O/c1-8(2)12(17)16-10-5-3-4-9(6-10)15-11(14)7-13/h3-6,8H,7H2,1-2H3,(H2,14,15)(H,16,17). The molecule has 0 atom stereocenters. The molecule has 3 N–H and O–H groups in total. The van der Waals surface area contributed by atoms with E-state index in [-0.39, 0.29) is 17.7 Å². The van der Waals surface area contributed by atoms with Crippen molar-refractivity contribution in [2.45, 2.75) is 13.8 Å². The van der Waals surface area contributed by atoms with E-state index in [1.165, 1.54) is 0 Å². The number of hydrogen-bond donors (Lipinski definition) is 2. The molecule has 1 aromatic rings. The summed E-state index contributed by atoms with van der Waals surface area (Å²) >= 11 is 5.54. The van der Waals surface area contributed by atoms with Gasteiger partial charge in [-0.1, -0.05) is 19.9 Å². The molecule has 0 radical (unpaired) electrons. The number of alkyl halides is 1. The first-order valence-electron chi connectivity index (χ1n) is 5.33. The van der Waals surface area contributed by atoms with Crippen molar-refractivity contribution in [1.29, 1.82) is 0 Å². The molecule has 0 aliphatic carbocycles. The van der Waals surface area contributed by atoms with Crippen molar-refractivity contribution < 1.29 is 4.79 Å². The van der Waals surface area contributed by atoms with Crippen molar-refractivity contribution in [3.8, 4) is 0 Å². The second-order valence-corrected chi connectivity index (χ2v) is 4.20. The molecular formula is C12H16ClN3O. The van der Waals surface area contributed by atoms with Gasteiger partial charge in [0.15, 0.2) is 0 Å². The normalized spacial score (nSPS) is 11.6. The summed E-state index contributed by atoms with van der Waals surface area (Å²) in [7, 11) is 0. The van der Waals surface area contributed by atoms with Gasteiger partial charge in [0.2, 0.25) is 5.91 Å². The third kappa shape index (κ3) is 4.44. The molecule has 4 nitrogen and oxygen atoms in total. The van der Waals surface area contributed by atoms with Crippen molar-refractivity contribution >= 4 is 34.7 Å². The number of benzene rings is 1. The highest BCUT2D eigenvalue weighted by molar-refractivity contribution is 6.28. The average molecular weight is 254 g/mol. The van der Waals surface area contributed by atoms with Gasteiger partial charge in [-0.25, -0.2) is 4.99 Å². The van der Waals surface area contributed by atoms with Crippen molar-refractivity contribution in [2.75, 3.05) is 11.2 Å². The van der Waals surface area contributed by atoms with Crippen LogP contribution in [0.1, 0.15) is 13.8 Å². The molecule has 0 bridgehead atoms. The molecule has 0 aromatic heterocycles. The Kier molecular flexibility index (Phi) is 4.97. The topological polar surface area (TPSA) is 67.5 Å². The molecule has 0 aliphatic rings. The minimum Gasteiger partial charge on any atom is -0.386 e. The summed E-state index contributed by atoms with van der Waals surface area (Å²) in [4.78, 5) is 15.6. The van der Waals surface area contributed by atoms with E-state index in [1.807, 2.05) is 13.8 Å². The summed E-state index contributed by atoms with van der Waals surface area (Å²) in [6, 6.07) is 7.15. The highest BCUT2D eigenvalue weighted by atomic mass is 35.5. The fourth-order valence-electron chi connectivity index (χ4n) is 1.14. The van der Waals surface area contributed by atoms with Crippen LogP contribution in [0.4, 0.5) is 11.4 Å². The van der Waals surface area contributed by atoms with E-state index in [0.29, 0.717) is 17.2 Å². The predicted octanol–water partition coefficient (Wildman–Crippen LogP) is 2.51. The summed E-state index contributed by atoms with van der Waals surface area (Å²) in [6.45, 7) is 3.67. The second-order valence-electron chi connectivity index (χ2n) is 3.93. The van der Waals surface area contributed by atoms with Crippen LogP contribution >= 0.6 is 11.6 Å².